The monoisotopic (exact) mass is 218 g/mol. The second kappa shape index (κ2) is 3.51. The number of aryl methyl sites for hydroxylation is 1. The lowest BCUT2D eigenvalue weighted by Gasteiger charge is -2.21. The van der Waals surface area contributed by atoms with E-state index in [1.807, 2.05) is 6.20 Å². The number of nitrogens with one attached hydrogen (secondary N) is 1. The molecule has 0 saturated heterocycles. The minimum Gasteiger partial charge on any atom is -0.481 e. The SMILES string of the molecule is COc1nc2[nH]cc(C)c2cc1C(C)(C)C. The molecule has 0 aromatic carbocycles. The third-order valence-corrected chi connectivity index (χ3v) is 2.84. The number of aromatic amines is 1. The van der Waals surface area contributed by atoms with E-state index in [2.05, 4.69) is 43.7 Å². The molecule has 2 aromatic rings. The molecular weight excluding hydrogens is 200 g/mol. The minimum atomic E-state index is 0.0379. The van der Waals surface area contributed by atoms with Gasteiger partial charge in [0.05, 0.1) is 7.11 Å². The zero-order chi connectivity index (χ0) is 11.9. The number of pyridine rings is 1. The number of rotatable bonds is 1. The highest BCUT2D eigenvalue weighted by Gasteiger charge is 2.21. The van der Waals surface area contributed by atoms with Crippen molar-refractivity contribution in [2.24, 2.45) is 0 Å². The van der Waals surface area contributed by atoms with Crippen LogP contribution < -0.4 is 4.74 Å². The summed E-state index contributed by atoms with van der Waals surface area (Å²) in [5, 5.41) is 1.17. The molecule has 2 heterocycles. The summed E-state index contributed by atoms with van der Waals surface area (Å²) >= 11 is 0. The molecule has 3 nitrogen and oxygen atoms in total. The summed E-state index contributed by atoms with van der Waals surface area (Å²) < 4.78 is 5.36. The van der Waals surface area contributed by atoms with Gasteiger partial charge < -0.3 is 9.72 Å². The average molecular weight is 218 g/mol. The highest BCUT2D eigenvalue weighted by atomic mass is 16.5. The standard InChI is InChI=1S/C13H18N2O/c1-8-7-14-11-9(8)6-10(13(2,3)4)12(15-11)16-5/h6-7H,1-5H3,(H,14,15). The van der Waals surface area contributed by atoms with Crippen molar-refractivity contribution in [2.45, 2.75) is 33.1 Å². The van der Waals surface area contributed by atoms with Crippen LogP contribution in [0.5, 0.6) is 5.88 Å². The van der Waals surface area contributed by atoms with Gasteiger partial charge in [-0.1, -0.05) is 20.8 Å². The molecular formula is C13H18N2O. The van der Waals surface area contributed by atoms with Crippen molar-refractivity contribution in [3.05, 3.63) is 23.4 Å². The number of H-pyrrole nitrogens is 1. The number of hydrogen-bond acceptors (Lipinski definition) is 2. The molecule has 0 aliphatic heterocycles. The molecule has 0 saturated carbocycles. The Kier molecular flexibility index (Phi) is 2.41. The van der Waals surface area contributed by atoms with Gasteiger partial charge in [-0.2, -0.15) is 4.98 Å². The Hall–Kier alpha value is -1.51. The first-order valence-corrected chi connectivity index (χ1v) is 5.46. The largest absolute Gasteiger partial charge is 0.481 e. The lowest BCUT2D eigenvalue weighted by molar-refractivity contribution is 0.382. The molecule has 0 aliphatic rings. The number of methoxy groups -OCH3 is 1. The van der Waals surface area contributed by atoms with Crippen molar-refractivity contribution in [2.75, 3.05) is 7.11 Å². The first kappa shape index (κ1) is 11.0. The fraction of sp³-hybridized carbons (Fsp3) is 0.462. The molecule has 0 bridgehead atoms. The first-order chi connectivity index (χ1) is 7.43. The predicted octanol–water partition coefficient (Wildman–Crippen LogP) is 3.18. The van der Waals surface area contributed by atoms with Crippen LogP contribution in [0, 0.1) is 6.92 Å². The van der Waals surface area contributed by atoms with Gasteiger partial charge >= 0.3 is 0 Å². The van der Waals surface area contributed by atoms with E-state index in [0.717, 1.165) is 11.2 Å². The number of ether oxygens (including phenoxy) is 1. The maximum Gasteiger partial charge on any atom is 0.218 e. The van der Waals surface area contributed by atoms with E-state index in [4.69, 9.17) is 4.74 Å². The van der Waals surface area contributed by atoms with Crippen molar-refractivity contribution in [3.8, 4) is 5.88 Å². The van der Waals surface area contributed by atoms with E-state index in [0.29, 0.717) is 5.88 Å². The van der Waals surface area contributed by atoms with Gasteiger partial charge in [-0.05, 0) is 24.0 Å². The van der Waals surface area contributed by atoms with Crippen LogP contribution in [-0.2, 0) is 5.41 Å². The van der Waals surface area contributed by atoms with Gasteiger partial charge in [0.15, 0.2) is 0 Å². The fourth-order valence-electron chi connectivity index (χ4n) is 1.85. The second-order valence-corrected chi connectivity index (χ2v) is 5.16. The number of fused-ring (bicyclic) bond motifs is 1. The Balaban J connectivity index is 2.75. The van der Waals surface area contributed by atoms with Crippen LogP contribution in [0.4, 0.5) is 0 Å². The Morgan fingerprint density at radius 2 is 2.00 bits per heavy atom. The molecule has 3 heteroatoms. The Morgan fingerprint density at radius 3 is 2.56 bits per heavy atom. The number of nitrogens with zero attached hydrogens (tertiary/aromatic N) is 1. The van der Waals surface area contributed by atoms with Gasteiger partial charge in [0.2, 0.25) is 5.88 Å². The van der Waals surface area contributed by atoms with Crippen LogP contribution in [0.3, 0.4) is 0 Å². The van der Waals surface area contributed by atoms with Crippen molar-refractivity contribution >= 4 is 11.0 Å². The molecule has 0 unspecified atom stereocenters. The van der Waals surface area contributed by atoms with Crippen LogP contribution in [0.1, 0.15) is 31.9 Å². The zero-order valence-corrected chi connectivity index (χ0v) is 10.5. The van der Waals surface area contributed by atoms with Gasteiger partial charge in [-0.15, -0.1) is 0 Å². The average Bonchev–Trinajstić information content (AvgIpc) is 2.57. The number of aromatic nitrogens is 2. The molecule has 0 atom stereocenters. The Bertz CT molecular complexity index is 520. The molecule has 0 aliphatic carbocycles. The second-order valence-electron chi connectivity index (χ2n) is 5.16. The minimum absolute atomic E-state index is 0.0379. The van der Waals surface area contributed by atoms with Crippen LogP contribution in [0.15, 0.2) is 12.3 Å². The normalized spacial score (nSPS) is 12.1. The summed E-state index contributed by atoms with van der Waals surface area (Å²) in [5.41, 5.74) is 3.29. The molecule has 1 N–H and O–H groups in total. The van der Waals surface area contributed by atoms with Crippen LogP contribution in [0.25, 0.3) is 11.0 Å². The van der Waals surface area contributed by atoms with E-state index in [1.165, 1.54) is 10.9 Å². The van der Waals surface area contributed by atoms with Gasteiger partial charge in [0, 0.05) is 17.1 Å². The van der Waals surface area contributed by atoms with E-state index in [9.17, 15) is 0 Å². The summed E-state index contributed by atoms with van der Waals surface area (Å²) in [6.07, 6.45) is 1.98. The van der Waals surface area contributed by atoms with E-state index in [-0.39, 0.29) is 5.41 Å². The highest BCUT2D eigenvalue weighted by Crippen LogP contribution is 2.33. The van der Waals surface area contributed by atoms with Gasteiger partial charge in [-0.25, -0.2) is 0 Å². The summed E-state index contributed by atoms with van der Waals surface area (Å²) in [7, 11) is 1.67. The molecule has 0 fully saturated rings. The predicted molar refractivity (Wildman–Crippen MR) is 66.1 cm³/mol. The summed E-state index contributed by atoms with van der Waals surface area (Å²) in [4.78, 5) is 7.65. The molecule has 0 spiro atoms. The maximum atomic E-state index is 5.36. The Morgan fingerprint density at radius 1 is 1.31 bits per heavy atom. The zero-order valence-electron chi connectivity index (χ0n) is 10.5. The van der Waals surface area contributed by atoms with Gasteiger partial charge in [-0.3, -0.25) is 0 Å². The van der Waals surface area contributed by atoms with Crippen LogP contribution in [-0.4, -0.2) is 17.1 Å². The topological polar surface area (TPSA) is 37.9 Å². The summed E-state index contributed by atoms with van der Waals surface area (Å²) in [6, 6.07) is 2.17. The highest BCUT2D eigenvalue weighted by molar-refractivity contribution is 5.81. The van der Waals surface area contributed by atoms with Crippen LogP contribution in [0.2, 0.25) is 0 Å². The van der Waals surface area contributed by atoms with E-state index < -0.39 is 0 Å². The molecule has 86 valence electrons. The molecule has 16 heavy (non-hydrogen) atoms. The Labute approximate surface area is 95.8 Å². The fourth-order valence-corrected chi connectivity index (χ4v) is 1.85. The van der Waals surface area contributed by atoms with Crippen molar-refractivity contribution in [1.29, 1.82) is 0 Å². The van der Waals surface area contributed by atoms with Crippen LogP contribution >= 0.6 is 0 Å². The third-order valence-electron chi connectivity index (χ3n) is 2.84. The maximum absolute atomic E-state index is 5.36. The quantitative estimate of drug-likeness (QED) is 0.798. The lowest BCUT2D eigenvalue weighted by Crippen LogP contribution is -2.13. The summed E-state index contributed by atoms with van der Waals surface area (Å²) in [6.45, 7) is 8.58. The number of hydrogen-bond donors (Lipinski definition) is 1. The van der Waals surface area contributed by atoms with E-state index in [1.54, 1.807) is 7.11 Å². The lowest BCUT2D eigenvalue weighted by atomic mass is 9.87. The first-order valence-electron chi connectivity index (χ1n) is 5.46. The summed E-state index contributed by atoms with van der Waals surface area (Å²) in [5.74, 6) is 0.710. The molecule has 0 amide bonds. The molecule has 0 radical (unpaired) electrons. The smallest absolute Gasteiger partial charge is 0.218 e. The van der Waals surface area contributed by atoms with Crippen molar-refractivity contribution < 1.29 is 4.74 Å². The molecule has 2 rings (SSSR count). The third kappa shape index (κ3) is 1.66. The van der Waals surface area contributed by atoms with E-state index >= 15 is 0 Å². The van der Waals surface area contributed by atoms with Gasteiger partial charge in [0.25, 0.3) is 0 Å². The van der Waals surface area contributed by atoms with Crippen molar-refractivity contribution in [3.63, 3.8) is 0 Å². The van der Waals surface area contributed by atoms with Gasteiger partial charge in [0.1, 0.15) is 5.65 Å². The molecule has 2 aromatic heterocycles. The van der Waals surface area contributed by atoms with Crippen molar-refractivity contribution in [1.82, 2.24) is 9.97 Å².